The molecular formula is C30H24N4S. The third kappa shape index (κ3) is 2.95. The van der Waals surface area contributed by atoms with Crippen LogP contribution in [0.25, 0.3) is 38.9 Å². The first-order valence-corrected chi connectivity index (χ1v) is 12.7. The van der Waals surface area contributed by atoms with Crippen molar-refractivity contribution in [2.75, 3.05) is 11.5 Å². The van der Waals surface area contributed by atoms with Crippen molar-refractivity contribution in [2.45, 2.75) is 10.6 Å². The van der Waals surface area contributed by atoms with Crippen molar-refractivity contribution >= 4 is 44.9 Å². The minimum atomic E-state index is 0.0984. The van der Waals surface area contributed by atoms with Gasteiger partial charge in [0.25, 0.3) is 0 Å². The highest BCUT2D eigenvalue weighted by atomic mass is 32.2. The van der Waals surface area contributed by atoms with Gasteiger partial charge < -0.3 is 20.6 Å². The van der Waals surface area contributed by atoms with E-state index in [4.69, 9.17) is 11.5 Å². The summed E-state index contributed by atoms with van der Waals surface area (Å²) in [5.41, 5.74) is 21.9. The number of hydrogen-bond acceptors (Lipinski definition) is 3. The lowest BCUT2D eigenvalue weighted by Gasteiger charge is -2.20. The number of nitrogens with zero attached hydrogens (tertiary/aromatic N) is 2. The first-order valence-electron chi connectivity index (χ1n) is 11.8. The summed E-state index contributed by atoms with van der Waals surface area (Å²) in [6.45, 7) is 0. The van der Waals surface area contributed by atoms with E-state index in [-0.39, 0.29) is 5.37 Å². The molecule has 4 nitrogen and oxygen atoms in total. The van der Waals surface area contributed by atoms with Gasteiger partial charge in [-0.15, -0.1) is 11.8 Å². The van der Waals surface area contributed by atoms with Gasteiger partial charge in [0.15, 0.2) is 0 Å². The molecule has 0 fully saturated rings. The highest BCUT2D eigenvalue weighted by Gasteiger charge is 2.32. The van der Waals surface area contributed by atoms with Crippen LogP contribution in [0.15, 0.2) is 115 Å². The van der Waals surface area contributed by atoms with Gasteiger partial charge in [-0.05, 0) is 35.9 Å². The van der Waals surface area contributed by atoms with E-state index in [0.717, 1.165) is 50.3 Å². The number of benzene rings is 3. The zero-order chi connectivity index (χ0) is 23.5. The second-order valence-corrected chi connectivity index (χ2v) is 10.2. The van der Waals surface area contributed by atoms with Gasteiger partial charge in [-0.1, -0.05) is 78.9 Å². The minimum Gasteiger partial charge on any atom is -0.396 e. The summed E-state index contributed by atoms with van der Waals surface area (Å²) in [5, 5.41) is 2.52. The smallest absolute Gasteiger partial charge is 0.100 e. The lowest BCUT2D eigenvalue weighted by atomic mass is 10.1. The van der Waals surface area contributed by atoms with Gasteiger partial charge in [-0.2, -0.15) is 0 Å². The van der Waals surface area contributed by atoms with E-state index >= 15 is 0 Å². The average Bonchev–Trinajstić information content (AvgIpc) is 3.55. The number of allylic oxidation sites excluding steroid dienone is 3. The van der Waals surface area contributed by atoms with Gasteiger partial charge in [-0.25, -0.2) is 0 Å². The van der Waals surface area contributed by atoms with E-state index in [0.29, 0.717) is 5.25 Å². The van der Waals surface area contributed by atoms with Crippen molar-refractivity contribution in [2.24, 2.45) is 0 Å². The van der Waals surface area contributed by atoms with Gasteiger partial charge >= 0.3 is 0 Å². The van der Waals surface area contributed by atoms with Gasteiger partial charge in [0.2, 0.25) is 0 Å². The maximum atomic E-state index is 6.98. The molecule has 35 heavy (non-hydrogen) atoms. The minimum absolute atomic E-state index is 0.0984. The van der Waals surface area contributed by atoms with E-state index in [1.807, 2.05) is 23.9 Å². The van der Waals surface area contributed by atoms with Crippen LogP contribution in [0.3, 0.4) is 0 Å². The molecule has 2 aromatic heterocycles. The third-order valence-electron chi connectivity index (χ3n) is 6.99. The Bertz CT molecular complexity index is 1700. The highest BCUT2D eigenvalue weighted by Crippen LogP contribution is 2.50. The number of hydrogen-bond donors (Lipinski definition) is 2. The Morgan fingerprint density at radius 2 is 1.34 bits per heavy atom. The molecule has 0 amide bonds. The monoisotopic (exact) mass is 472 g/mol. The van der Waals surface area contributed by atoms with Crippen LogP contribution < -0.4 is 11.5 Å². The summed E-state index contributed by atoms with van der Waals surface area (Å²) in [5.74, 6) is 0. The number of aromatic nitrogens is 2. The van der Waals surface area contributed by atoms with Crippen molar-refractivity contribution in [3.8, 4) is 17.1 Å². The zero-order valence-corrected chi connectivity index (χ0v) is 19.8. The Morgan fingerprint density at radius 3 is 2.11 bits per heavy atom. The van der Waals surface area contributed by atoms with Gasteiger partial charge in [-0.3, -0.25) is 0 Å². The van der Waals surface area contributed by atoms with Crippen LogP contribution in [0.2, 0.25) is 0 Å². The fourth-order valence-electron chi connectivity index (χ4n) is 5.44. The number of rotatable bonds is 3. The Kier molecular flexibility index (Phi) is 4.48. The van der Waals surface area contributed by atoms with E-state index in [1.165, 1.54) is 5.57 Å². The average molecular weight is 473 g/mol. The van der Waals surface area contributed by atoms with Gasteiger partial charge in [0.05, 0.1) is 39.0 Å². The second kappa shape index (κ2) is 7.72. The fraction of sp³-hybridized carbons (Fsp3) is 0.0667. The van der Waals surface area contributed by atoms with Gasteiger partial charge in [0.1, 0.15) is 5.37 Å². The third-order valence-corrected chi connectivity index (χ3v) is 8.34. The van der Waals surface area contributed by atoms with Gasteiger partial charge in [0, 0.05) is 16.5 Å². The standard InChI is InChI=1S/C30H24N4S/c31-27-21-13-5-7-15-23(21)33(20-11-2-1-3-12-20)29(27)30-28(32)22-14-6-8-16-24(22)34(30)26-18-19-10-4-9-17-25(19)35-26/h1-18,25-26H,31-32H2. The van der Waals surface area contributed by atoms with E-state index in [1.54, 1.807) is 0 Å². The van der Waals surface area contributed by atoms with Crippen molar-refractivity contribution in [1.82, 2.24) is 9.13 Å². The number of nitrogen functional groups attached to an aromatic ring is 2. The first-order chi connectivity index (χ1) is 17.2. The zero-order valence-electron chi connectivity index (χ0n) is 19.0. The van der Waals surface area contributed by atoms with Crippen LogP contribution in [0, 0.1) is 0 Å². The largest absolute Gasteiger partial charge is 0.396 e. The Labute approximate surface area is 207 Å². The molecule has 0 radical (unpaired) electrons. The molecule has 7 rings (SSSR count). The molecule has 5 aromatic rings. The number of fused-ring (bicyclic) bond motifs is 3. The number of nitrogens with two attached hydrogens (primary N) is 2. The molecule has 0 saturated carbocycles. The molecule has 0 bridgehead atoms. The Hall–Kier alpha value is -4.09. The molecule has 5 heteroatoms. The normalized spacial score (nSPS) is 18.9. The van der Waals surface area contributed by atoms with E-state index < -0.39 is 0 Å². The van der Waals surface area contributed by atoms with Crippen molar-refractivity contribution in [3.05, 3.63) is 115 Å². The molecule has 1 aliphatic heterocycles. The molecule has 2 atom stereocenters. The predicted molar refractivity (Wildman–Crippen MR) is 150 cm³/mol. The predicted octanol–water partition coefficient (Wildman–Crippen LogP) is 7.08. The SMILES string of the molecule is Nc1c(-c2c(N)c3ccccc3n2C2C=C3C=CC=CC3S2)n(-c2ccccc2)c2ccccc12. The van der Waals surface area contributed by atoms with Crippen molar-refractivity contribution in [3.63, 3.8) is 0 Å². The van der Waals surface area contributed by atoms with E-state index in [2.05, 4.69) is 106 Å². The van der Waals surface area contributed by atoms with Crippen LogP contribution in [0.1, 0.15) is 5.37 Å². The topological polar surface area (TPSA) is 61.9 Å². The first kappa shape index (κ1) is 20.3. The molecule has 0 spiro atoms. The van der Waals surface area contributed by atoms with Crippen LogP contribution in [-0.4, -0.2) is 14.4 Å². The van der Waals surface area contributed by atoms with Crippen molar-refractivity contribution < 1.29 is 0 Å². The quantitative estimate of drug-likeness (QED) is 0.295. The van der Waals surface area contributed by atoms with Crippen LogP contribution in [0.4, 0.5) is 11.4 Å². The Balaban J connectivity index is 1.59. The molecule has 3 heterocycles. The summed E-state index contributed by atoms with van der Waals surface area (Å²) in [4.78, 5) is 0. The summed E-state index contributed by atoms with van der Waals surface area (Å²) >= 11 is 1.93. The molecule has 3 aromatic carbocycles. The summed E-state index contributed by atoms with van der Waals surface area (Å²) < 4.78 is 4.64. The molecular weight excluding hydrogens is 448 g/mol. The second-order valence-electron chi connectivity index (χ2n) is 8.96. The fourth-order valence-corrected chi connectivity index (χ4v) is 6.81. The number of para-hydroxylation sites is 3. The van der Waals surface area contributed by atoms with Crippen LogP contribution in [0.5, 0.6) is 0 Å². The number of thioether (sulfide) groups is 1. The number of anilines is 2. The lowest BCUT2D eigenvalue weighted by Crippen LogP contribution is -2.08. The molecule has 170 valence electrons. The molecule has 1 aliphatic carbocycles. The maximum Gasteiger partial charge on any atom is 0.100 e. The molecule has 4 N–H and O–H groups in total. The maximum absolute atomic E-state index is 6.98. The summed E-state index contributed by atoms with van der Waals surface area (Å²) in [6.07, 6.45) is 11.1. The van der Waals surface area contributed by atoms with Crippen LogP contribution >= 0.6 is 11.8 Å². The summed E-state index contributed by atoms with van der Waals surface area (Å²) in [7, 11) is 0. The lowest BCUT2D eigenvalue weighted by molar-refractivity contribution is 0.848. The van der Waals surface area contributed by atoms with Crippen LogP contribution in [-0.2, 0) is 0 Å². The highest BCUT2D eigenvalue weighted by molar-refractivity contribution is 8.00. The van der Waals surface area contributed by atoms with Crippen molar-refractivity contribution in [1.29, 1.82) is 0 Å². The Morgan fingerprint density at radius 1 is 0.686 bits per heavy atom. The van der Waals surface area contributed by atoms with E-state index in [9.17, 15) is 0 Å². The molecule has 2 unspecified atom stereocenters. The summed E-state index contributed by atoms with van der Waals surface area (Å²) in [6, 6.07) is 27.1. The molecule has 2 aliphatic rings. The molecule has 0 saturated heterocycles.